The molecule has 0 saturated heterocycles. The lowest BCUT2D eigenvalue weighted by Crippen LogP contribution is -2.39. The number of hydrogen-bond donors (Lipinski definition) is 1. The fourth-order valence-electron chi connectivity index (χ4n) is 3.96. The predicted molar refractivity (Wildman–Crippen MR) is 140 cm³/mol. The molecule has 1 aliphatic heterocycles. The Morgan fingerprint density at radius 1 is 1.00 bits per heavy atom. The molecule has 7 nitrogen and oxygen atoms in total. The van der Waals surface area contributed by atoms with Crippen LogP contribution in [0.5, 0.6) is 17.2 Å². The minimum absolute atomic E-state index is 0.00313. The quantitative estimate of drug-likeness (QED) is 0.377. The molecule has 1 heterocycles. The topological polar surface area (TPSA) is 77.1 Å². The maximum absolute atomic E-state index is 12.6. The number of ether oxygens (including phenoxy) is 3. The first kappa shape index (κ1) is 25.1. The van der Waals surface area contributed by atoms with E-state index in [4.69, 9.17) is 14.2 Å². The van der Waals surface area contributed by atoms with Crippen molar-refractivity contribution in [2.45, 2.75) is 33.1 Å². The lowest BCUT2D eigenvalue weighted by atomic mass is 10.2. The monoisotopic (exact) mass is 488 g/mol. The Balaban J connectivity index is 1.30. The average Bonchev–Trinajstić information content (AvgIpc) is 2.89. The van der Waals surface area contributed by atoms with E-state index in [0.29, 0.717) is 36.0 Å². The summed E-state index contributed by atoms with van der Waals surface area (Å²) in [4.78, 5) is 26.7. The third-order valence-electron chi connectivity index (χ3n) is 5.92. The predicted octanol–water partition coefficient (Wildman–Crippen LogP) is 5.16. The minimum atomic E-state index is -0.280. The molecule has 0 saturated carbocycles. The fraction of sp³-hybridized carbons (Fsp3) is 0.310. The number of hydrogen-bond acceptors (Lipinski definition) is 5. The molecule has 0 atom stereocenters. The highest BCUT2D eigenvalue weighted by atomic mass is 16.5. The molecule has 0 bridgehead atoms. The molecule has 3 aromatic carbocycles. The van der Waals surface area contributed by atoms with Crippen molar-refractivity contribution in [1.29, 1.82) is 0 Å². The molecular weight excluding hydrogens is 456 g/mol. The molecule has 0 radical (unpaired) electrons. The van der Waals surface area contributed by atoms with Gasteiger partial charge in [-0.3, -0.25) is 9.59 Å². The highest BCUT2D eigenvalue weighted by molar-refractivity contribution is 5.99. The summed E-state index contributed by atoms with van der Waals surface area (Å²) >= 11 is 0. The lowest BCUT2D eigenvalue weighted by Gasteiger charge is -2.30. The van der Waals surface area contributed by atoms with Gasteiger partial charge in [0.2, 0.25) is 0 Å². The molecule has 0 aliphatic carbocycles. The molecule has 0 fully saturated rings. The zero-order valence-corrected chi connectivity index (χ0v) is 20.8. The smallest absolute Gasteiger partial charge is 0.265 e. The Bertz CT molecular complexity index is 1190. The van der Waals surface area contributed by atoms with Gasteiger partial charge in [0.25, 0.3) is 11.8 Å². The van der Waals surface area contributed by atoms with E-state index in [2.05, 4.69) is 12.2 Å². The molecule has 188 valence electrons. The van der Waals surface area contributed by atoms with Crippen LogP contribution in [-0.2, 0) is 16.0 Å². The van der Waals surface area contributed by atoms with Gasteiger partial charge >= 0.3 is 0 Å². The summed E-state index contributed by atoms with van der Waals surface area (Å²) < 4.78 is 17.0. The first-order valence-electron chi connectivity index (χ1n) is 12.3. The Labute approximate surface area is 212 Å². The molecule has 2 amide bonds. The number of carbonyl (C=O) groups is 2. The van der Waals surface area contributed by atoms with Crippen molar-refractivity contribution < 1.29 is 23.8 Å². The second kappa shape index (κ2) is 12.1. The van der Waals surface area contributed by atoms with Crippen LogP contribution in [0.1, 0.15) is 30.9 Å². The molecule has 1 aliphatic rings. The summed E-state index contributed by atoms with van der Waals surface area (Å²) in [7, 11) is 0. The highest BCUT2D eigenvalue weighted by Crippen LogP contribution is 2.34. The van der Waals surface area contributed by atoms with Crippen molar-refractivity contribution in [3.8, 4) is 17.2 Å². The number of benzene rings is 3. The number of amides is 2. The maximum atomic E-state index is 12.6. The van der Waals surface area contributed by atoms with Gasteiger partial charge in [-0.1, -0.05) is 31.2 Å². The summed E-state index contributed by atoms with van der Waals surface area (Å²) in [6, 6.07) is 20.9. The number of carbonyl (C=O) groups excluding carboxylic acids is 2. The SMILES string of the molecule is CCc1ccc(OCC(=O)Nc2ccc3c(c2)N(CCCCOc2cccc(C)c2)C(=O)CO3)cc1. The first-order valence-corrected chi connectivity index (χ1v) is 12.3. The minimum Gasteiger partial charge on any atom is -0.494 e. The molecule has 0 spiro atoms. The van der Waals surface area contributed by atoms with Gasteiger partial charge in [0.05, 0.1) is 12.3 Å². The molecule has 0 aromatic heterocycles. The largest absolute Gasteiger partial charge is 0.494 e. The number of unbranched alkanes of at least 4 members (excludes halogenated alkanes) is 1. The van der Waals surface area contributed by atoms with E-state index in [1.165, 1.54) is 5.56 Å². The van der Waals surface area contributed by atoms with Crippen LogP contribution in [-0.4, -0.2) is 38.2 Å². The van der Waals surface area contributed by atoms with Crippen LogP contribution < -0.4 is 24.4 Å². The van der Waals surface area contributed by atoms with Crippen LogP contribution >= 0.6 is 0 Å². The number of nitrogens with zero attached hydrogens (tertiary/aromatic N) is 1. The van der Waals surface area contributed by atoms with Crippen molar-refractivity contribution in [2.75, 3.05) is 36.6 Å². The van der Waals surface area contributed by atoms with E-state index < -0.39 is 0 Å². The molecular formula is C29H32N2O5. The standard InChI is InChI=1S/C29H32N2O5/c1-3-22-9-12-24(13-10-22)35-19-28(32)30-23-11-14-27-26(18-23)31(29(33)20-36-27)15-4-5-16-34-25-8-6-7-21(2)17-25/h6-14,17-18H,3-5,15-16,19-20H2,1-2H3,(H,30,32). The highest BCUT2D eigenvalue weighted by Gasteiger charge is 2.25. The number of rotatable bonds is 11. The zero-order chi connectivity index (χ0) is 25.3. The fourth-order valence-corrected chi connectivity index (χ4v) is 3.96. The summed E-state index contributed by atoms with van der Waals surface area (Å²) in [6.07, 6.45) is 2.53. The second-order valence-corrected chi connectivity index (χ2v) is 8.72. The first-order chi connectivity index (χ1) is 17.5. The van der Waals surface area contributed by atoms with Gasteiger partial charge in [0.15, 0.2) is 13.2 Å². The Morgan fingerprint density at radius 2 is 1.83 bits per heavy atom. The van der Waals surface area contributed by atoms with Gasteiger partial charge < -0.3 is 24.4 Å². The van der Waals surface area contributed by atoms with Gasteiger partial charge in [-0.05, 0) is 79.8 Å². The Morgan fingerprint density at radius 3 is 2.61 bits per heavy atom. The van der Waals surface area contributed by atoms with E-state index in [9.17, 15) is 9.59 Å². The Hall–Kier alpha value is -4.00. The van der Waals surface area contributed by atoms with E-state index in [1.54, 1.807) is 23.1 Å². The molecule has 1 N–H and O–H groups in total. The van der Waals surface area contributed by atoms with Crippen LogP contribution in [0, 0.1) is 6.92 Å². The van der Waals surface area contributed by atoms with E-state index in [0.717, 1.165) is 30.6 Å². The lowest BCUT2D eigenvalue weighted by molar-refractivity contribution is -0.121. The third-order valence-corrected chi connectivity index (χ3v) is 5.92. The molecule has 0 unspecified atom stereocenters. The van der Waals surface area contributed by atoms with Crippen molar-refractivity contribution in [3.63, 3.8) is 0 Å². The maximum Gasteiger partial charge on any atom is 0.265 e. The van der Waals surface area contributed by atoms with Gasteiger partial charge in [0.1, 0.15) is 17.2 Å². The average molecular weight is 489 g/mol. The second-order valence-electron chi connectivity index (χ2n) is 8.72. The van der Waals surface area contributed by atoms with Crippen LogP contribution in [0.2, 0.25) is 0 Å². The number of anilines is 2. The molecule has 4 rings (SSSR count). The van der Waals surface area contributed by atoms with Crippen molar-refractivity contribution in [2.24, 2.45) is 0 Å². The molecule has 3 aromatic rings. The zero-order valence-electron chi connectivity index (χ0n) is 20.8. The van der Waals surface area contributed by atoms with E-state index >= 15 is 0 Å². The van der Waals surface area contributed by atoms with Crippen LogP contribution in [0.4, 0.5) is 11.4 Å². The normalized spacial score (nSPS) is 12.5. The Kier molecular flexibility index (Phi) is 8.44. The van der Waals surface area contributed by atoms with Crippen LogP contribution in [0.3, 0.4) is 0 Å². The number of fused-ring (bicyclic) bond motifs is 1. The van der Waals surface area contributed by atoms with Crippen molar-refractivity contribution >= 4 is 23.2 Å². The molecule has 36 heavy (non-hydrogen) atoms. The summed E-state index contributed by atoms with van der Waals surface area (Å²) in [5.74, 6) is 1.73. The van der Waals surface area contributed by atoms with Gasteiger partial charge in [-0.15, -0.1) is 0 Å². The summed E-state index contributed by atoms with van der Waals surface area (Å²) in [5.41, 5.74) is 3.60. The van der Waals surface area contributed by atoms with E-state index in [1.807, 2.05) is 55.5 Å². The number of aryl methyl sites for hydroxylation is 2. The van der Waals surface area contributed by atoms with Crippen LogP contribution in [0.25, 0.3) is 0 Å². The van der Waals surface area contributed by atoms with Crippen molar-refractivity contribution in [3.05, 3.63) is 77.9 Å². The van der Waals surface area contributed by atoms with E-state index in [-0.39, 0.29) is 25.0 Å². The van der Waals surface area contributed by atoms with Gasteiger partial charge in [-0.25, -0.2) is 0 Å². The van der Waals surface area contributed by atoms with Crippen molar-refractivity contribution in [1.82, 2.24) is 0 Å². The third kappa shape index (κ3) is 6.78. The van der Waals surface area contributed by atoms with Crippen LogP contribution in [0.15, 0.2) is 66.7 Å². The number of nitrogens with one attached hydrogen (secondary N) is 1. The summed E-state index contributed by atoms with van der Waals surface area (Å²) in [5, 5.41) is 2.84. The van der Waals surface area contributed by atoms with Gasteiger partial charge in [-0.2, -0.15) is 0 Å². The molecule has 7 heteroatoms. The summed E-state index contributed by atoms with van der Waals surface area (Å²) in [6.45, 7) is 5.13. The van der Waals surface area contributed by atoms with Gasteiger partial charge in [0, 0.05) is 12.2 Å².